The van der Waals surface area contributed by atoms with Crippen molar-refractivity contribution in [2.45, 2.75) is 39.0 Å². The molecule has 0 spiro atoms. The topological polar surface area (TPSA) is 100 Å². The van der Waals surface area contributed by atoms with E-state index in [1.807, 2.05) is 29.6 Å². The molecule has 0 aliphatic rings. The van der Waals surface area contributed by atoms with Crippen LogP contribution < -0.4 is 5.56 Å². The zero-order chi connectivity index (χ0) is 24.0. The molecule has 0 unspecified atom stereocenters. The van der Waals surface area contributed by atoms with Crippen molar-refractivity contribution in [2.24, 2.45) is 0 Å². The van der Waals surface area contributed by atoms with Gasteiger partial charge in [-0.05, 0) is 57.1 Å². The predicted molar refractivity (Wildman–Crippen MR) is 138 cm³/mol. The van der Waals surface area contributed by atoms with Crippen molar-refractivity contribution in [3.05, 3.63) is 104 Å². The highest BCUT2D eigenvalue weighted by Crippen LogP contribution is 2.30. The summed E-state index contributed by atoms with van der Waals surface area (Å²) in [6, 6.07) is 18.4. The van der Waals surface area contributed by atoms with E-state index in [2.05, 4.69) is 68.2 Å². The second-order valence-electron chi connectivity index (χ2n) is 8.50. The van der Waals surface area contributed by atoms with Crippen LogP contribution >= 0.6 is 11.3 Å². The molecule has 5 rings (SSSR count). The van der Waals surface area contributed by atoms with Gasteiger partial charge in [0.05, 0.1) is 5.69 Å². The first kappa shape index (κ1) is 22.9. The summed E-state index contributed by atoms with van der Waals surface area (Å²) in [6.07, 6.45) is 4.07. The maximum absolute atomic E-state index is 13.1. The molecule has 2 N–H and O–H groups in total. The molecular formula is C27H26N6OS. The van der Waals surface area contributed by atoms with Gasteiger partial charge in [-0.15, -0.1) is 10.2 Å². The second-order valence-corrected chi connectivity index (χ2v) is 9.28. The van der Waals surface area contributed by atoms with Crippen LogP contribution in [0.3, 0.4) is 0 Å². The Bertz CT molecular complexity index is 1440. The zero-order valence-corrected chi connectivity index (χ0v) is 20.3. The molecule has 3 heterocycles. The Balaban J connectivity index is 1.42. The fraction of sp³-hybridized carbons (Fsp3) is 0.222. The van der Waals surface area contributed by atoms with Crippen LogP contribution in [-0.2, 0) is 19.3 Å². The molecule has 0 bridgehead atoms. The van der Waals surface area contributed by atoms with E-state index in [1.165, 1.54) is 5.56 Å². The zero-order valence-electron chi connectivity index (χ0n) is 19.5. The highest BCUT2D eigenvalue weighted by molar-refractivity contribution is 7.07. The van der Waals surface area contributed by atoms with E-state index in [0.717, 1.165) is 58.6 Å². The van der Waals surface area contributed by atoms with Gasteiger partial charge in [0.25, 0.3) is 5.56 Å². The van der Waals surface area contributed by atoms with E-state index in [0.29, 0.717) is 18.7 Å². The summed E-state index contributed by atoms with van der Waals surface area (Å²) in [5.74, 6) is 1.29. The summed E-state index contributed by atoms with van der Waals surface area (Å²) in [7, 11) is 0. The monoisotopic (exact) mass is 482 g/mol. The molecule has 0 saturated carbocycles. The van der Waals surface area contributed by atoms with E-state index in [-0.39, 0.29) is 5.56 Å². The van der Waals surface area contributed by atoms with Gasteiger partial charge in [-0.25, -0.2) is 4.98 Å². The summed E-state index contributed by atoms with van der Waals surface area (Å²) in [5, 5.41) is 18.6. The van der Waals surface area contributed by atoms with Crippen LogP contribution in [0.2, 0.25) is 0 Å². The van der Waals surface area contributed by atoms with Gasteiger partial charge >= 0.3 is 0 Å². The number of unbranched alkanes of at least 4 members (excludes halogenated alkanes) is 1. The minimum absolute atomic E-state index is 0.0390. The lowest BCUT2D eigenvalue weighted by Gasteiger charge is -2.11. The van der Waals surface area contributed by atoms with Gasteiger partial charge in [-0.3, -0.25) is 4.79 Å². The molecular weight excluding hydrogens is 456 g/mol. The highest BCUT2D eigenvalue weighted by Gasteiger charge is 2.14. The number of nitrogens with one attached hydrogen (secondary N) is 2. The number of hydrogen-bond donors (Lipinski definition) is 2. The first-order valence-corrected chi connectivity index (χ1v) is 12.7. The summed E-state index contributed by atoms with van der Waals surface area (Å²) in [5.41, 5.74) is 6.87. The lowest BCUT2D eigenvalue weighted by Crippen LogP contribution is -2.21. The lowest BCUT2D eigenvalue weighted by atomic mass is 9.96. The summed E-state index contributed by atoms with van der Waals surface area (Å²) in [4.78, 5) is 21.0. The molecule has 3 aromatic heterocycles. The van der Waals surface area contributed by atoms with Crippen LogP contribution in [0.5, 0.6) is 0 Å². The highest BCUT2D eigenvalue weighted by atomic mass is 32.1. The van der Waals surface area contributed by atoms with Gasteiger partial charge in [0, 0.05) is 24.0 Å². The van der Waals surface area contributed by atoms with Gasteiger partial charge in [0.15, 0.2) is 0 Å². The molecule has 0 radical (unpaired) electrons. The minimum Gasteiger partial charge on any atom is -0.310 e. The Morgan fingerprint density at radius 2 is 1.77 bits per heavy atom. The summed E-state index contributed by atoms with van der Waals surface area (Å²) in [6.45, 7) is 2.16. The molecule has 0 aliphatic heterocycles. The Morgan fingerprint density at radius 1 is 0.943 bits per heavy atom. The third-order valence-corrected chi connectivity index (χ3v) is 6.76. The van der Waals surface area contributed by atoms with Gasteiger partial charge in [0.2, 0.25) is 5.82 Å². The smallest absolute Gasteiger partial charge is 0.254 e. The van der Waals surface area contributed by atoms with Gasteiger partial charge in [-0.2, -0.15) is 16.6 Å². The van der Waals surface area contributed by atoms with Crippen LogP contribution in [0, 0.1) is 0 Å². The van der Waals surface area contributed by atoms with Crippen LogP contribution in [0.1, 0.15) is 48.0 Å². The first-order valence-electron chi connectivity index (χ1n) is 11.8. The molecule has 0 fully saturated rings. The SMILES string of the molecule is CCCCc1nc(Cc2ccsc2)[nH]c(=O)c1Cc1ccc(-c2ccccc2-c2nn[nH]n2)cc1. The Kier molecular flexibility index (Phi) is 6.90. The third-order valence-electron chi connectivity index (χ3n) is 6.03. The molecule has 2 aromatic carbocycles. The normalized spacial score (nSPS) is 11.1. The lowest BCUT2D eigenvalue weighted by molar-refractivity contribution is 0.747. The van der Waals surface area contributed by atoms with Crippen molar-refractivity contribution in [1.29, 1.82) is 0 Å². The average Bonchev–Trinajstić information content (AvgIpc) is 3.60. The Labute approximate surface area is 207 Å². The number of benzene rings is 2. The standard InChI is InChI=1S/C27H26N6OS/c1-2-3-8-24-23(27(34)29-25(28-24)16-19-13-14-35-17-19)15-18-9-11-20(12-10-18)21-6-4-5-7-22(21)26-30-32-33-31-26/h4-7,9-14,17H,2-3,8,15-16H2,1H3,(H,28,29,34)(H,30,31,32,33). The minimum atomic E-state index is -0.0390. The molecule has 0 amide bonds. The van der Waals surface area contributed by atoms with Crippen LogP contribution in [0.15, 0.2) is 70.2 Å². The molecule has 8 heteroatoms. The number of tetrazole rings is 1. The van der Waals surface area contributed by atoms with Crippen molar-refractivity contribution in [2.75, 3.05) is 0 Å². The van der Waals surface area contributed by atoms with E-state index < -0.39 is 0 Å². The van der Waals surface area contributed by atoms with E-state index in [1.54, 1.807) is 11.3 Å². The van der Waals surface area contributed by atoms with Crippen molar-refractivity contribution < 1.29 is 0 Å². The van der Waals surface area contributed by atoms with Crippen LogP contribution in [-0.4, -0.2) is 30.6 Å². The second kappa shape index (κ2) is 10.6. The van der Waals surface area contributed by atoms with E-state index in [9.17, 15) is 4.79 Å². The number of aromatic nitrogens is 6. The number of hydrogen-bond acceptors (Lipinski definition) is 6. The van der Waals surface area contributed by atoms with Crippen molar-refractivity contribution in [3.8, 4) is 22.5 Å². The van der Waals surface area contributed by atoms with Crippen molar-refractivity contribution in [1.82, 2.24) is 30.6 Å². The number of aryl methyl sites for hydroxylation is 1. The maximum atomic E-state index is 13.1. The third kappa shape index (κ3) is 5.27. The van der Waals surface area contributed by atoms with Crippen molar-refractivity contribution in [3.63, 3.8) is 0 Å². The summed E-state index contributed by atoms with van der Waals surface area (Å²) < 4.78 is 0. The molecule has 0 atom stereocenters. The predicted octanol–water partition coefficient (Wildman–Crippen LogP) is 5.20. The molecule has 5 aromatic rings. The van der Waals surface area contributed by atoms with E-state index >= 15 is 0 Å². The van der Waals surface area contributed by atoms with Crippen molar-refractivity contribution >= 4 is 11.3 Å². The van der Waals surface area contributed by atoms with Crippen LogP contribution in [0.4, 0.5) is 0 Å². The number of H-pyrrole nitrogens is 2. The molecule has 7 nitrogen and oxygen atoms in total. The molecule has 0 aliphatic carbocycles. The Morgan fingerprint density at radius 3 is 2.49 bits per heavy atom. The van der Waals surface area contributed by atoms with Gasteiger partial charge < -0.3 is 4.98 Å². The number of rotatable bonds is 9. The largest absolute Gasteiger partial charge is 0.310 e. The fourth-order valence-electron chi connectivity index (χ4n) is 4.21. The molecule has 176 valence electrons. The first-order chi connectivity index (χ1) is 17.2. The van der Waals surface area contributed by atoms with Gasteiger partial charge in [0.1, 0.15) is 5.82 Å². The number of aromatic amines is 2. The number of thiophene rings is 1. The Hall–Kier alpha value is -3.91. The number of nitrogens with zero attached hydrogens (tertiary/aromatic N) is 4. The van der Waals surface area contributed by atoms with Crippen LogP contribution in [0.25, 0.3) is 22.5 Å². The summed E-state index contributed by atoms with van der Waals surface area (Å²) >= 11 is 1.65. The average molecular weight is 483 g/mol. The maximum Gasteiger partial charge on any atom is 0.254 e. The molecule has 35 heavy (non-hydrogen) atoms. The molecule has 0 saturated heterocycles. The van der Waals surface area contributed by atoms with Gasteiger partial charge in [-0.1, -0.05) is 61.9 Å². The quantitative estimate of drug-likeness (QED) is 0.301. The fourth-order valence-corrected chi connectivity index (χ4v) is 4.88. The van der Waals surface area contributed by atoms with E-state index in [4.69, 9.17) is 4.98 Å².